The summed E-state index contributed by atoms with van der Waals surface area (Å²) in [7, 11) is 0. The molecule has 4 unspecified atom stereocenters. The standard InChI is InChI=1S/C13H24ClNO/c1-8(2)11-6-5-9(3)7-12(11)15-13(16)10(4)14/h8-12H,5-7H2,1-4H3,(H,15,16). The molecule has 16 heavy (non-hydrogen) atoms. The van der Waals surface area contributed by atoms with Crippen molar-refractivity contribution in [1.29, 1.82) is 0 Å². The summed E-state index contributed by atoms with van der Waals surface area (Å²) >= 11 is 5.80. The summed E-state index contributed by atoms with van der Waals surface area (Å²) in [6, 6.07) is 0.317. The Kier molecular flexibility index (Phi) is 5.10. The molecule has 0 aromatic rings. The highest BCUT2D eigenvalue weighted by molar-refractivity contribution is 6.30. The van der Waals surface area contributed by atoms with Crippen LogP contribution < -0.4 is 5.32 Å². The van der Waals surface area contributed by atoms with Gasteiger partial charge in [-0.3, -0.25) is 4.79 Å². The van der Waals surface area contributed by atoms with Gasteiger partial charge in [0.05, 0.1) is 0 Å². The molecule has 0 heterocycles. The average molecular weight is 246 g/mol. The van der Waals surface area contributed by atoms with E-state index in [0.717, 1.165) is 6.42 Å². The van der Waals surface area contributed by atoms with E-state index in [2.05, 4.69) is 26.1 Å². The molecule has 1 saturated carbocycles. The van der Waals surface area contributed by atoms with Gasteiger partial charge in [-0.15, -0.1) is 11.6 Å². The van der Waals surface area contributed by atoms with Crippen LogP contribution >= 0.6 is 11.6 Å². The SMILES string of the molecule is CC1CCC(C(C)C)C(NC(=O)C(C)Cl)C1. The van der Waals surface area contributed by atoms with E-state index in [1.807, 2.05) is 0 Å². The first kappa shape index (κ1) is 13.8. The normalized spacial score (nSPS) is 32.5. The molecule has 1 aliphatic carbocycles. The third-order valence-electron chi connectivity index (χ3n) is 3.71. The molecule has 4 atom stereocenters. The Labute approximate surface area is 104 Å². The van der Waals surface area contributed by atoms with Gasteiger partial charge in [-0.2, -0.15) is 0 Å². The van der Waals surface area contributed by atoms with Crippen LogP contribution in [-0.4, -0.2) is 17.3 Å². The van der Waals surface area contributed by atoms with Crippen molar-refractivity contribution in [2.45, 2.75) is 58.4 Å². The first-order valence-corrected chi connectivity index (χ1v) is 6.80. The van der Waals surface area contributed by atoms with Crippen LogP contribution in [0, 0.1) is 17.8 Å². The van der Waals surface area contributed by atoms with E-state index >= 15 is 0 Å². The van der Waals surface area contributed by atoms with Crippen molar-refractivity contribution >= 4 is 17.5 Å². The lowest BCUT2D eigenvalue weighted by atomic mass is 9.74. The van der Waals surface area contributed by atoms with Gasteiger partial charge in [0.1, 0.15) is 5.38 Å². The fourth-order valence-electron chi connectivity index (χ4n) is 2.67. The predicted octanol–water partition coefficient (Wildman–Crippen LogP) is 3.19. The van der Waals surface area contributed by atoms with Crippen LogP contribution in [0.25, 0.3) is 0 Å². The maximum Gasteiger partial charge on any atom is 0.237 e. The van der Waals surface area contributed by atoms with E-state index in [9.17, 15) is 4.79 Å². The van der Waals surface area contributed by atoms with Crippen LogP contribution in [0.2, 0.25) is 0 Å². The molecule has 2 nitrogen and oxygen atoms in total. The zero-order valence-corrected chi connectivity index (χ0v) is 11.6. The number of rotatable bonds is 3. The zero-order chi connectivity index (χ0) is 12.3. The Bertz CT molecular complexity index is 240. The van der Waals surface area contributed by atoms with Crippen molar-refractivity contribution in [2.24, 2.45) is 17.8 Å². The minimum Gasteiger partial charge on any atom is -0.352 e. The molecule has 1 fully saturated rings. The second-order valence-electron chi connectivity index (χ2n) is 5.56. The van der Waals surface area contributed by atoms with E-state index in [-0.39, 0.29) is 5.91 Å². The highest BCUT2D eigenvalue weighted by Gasteiger charge is 2.32. The van der Waals surface area contributed by atoms with Gasteiger partial charge in [0.25, 0.3) is 0 Å². The maximum absolute atomic E-state index is 11.6. The number of halogens is 1. The quantitative estimate of drug-likeness (QED) is 0.761. The Hall–Kier alpha value is -0.240. The molecule has 1 amide bonds. The number of carbonyl (C=O) groups is 1. The molecule has 1 N–H and O–H groups in total. The molecule has 1 aliphatic rings. The van der Waals surface area contributed by atoms with Gasteiger partial charge in [-0.25, -0.2) is 0 Å². The monoisotopic (exact) mass is 245 g/mol. The molecule has 0 saturated heterocycles. The van der Waals surface area contributed by atoms with Crippen LogP contribution in [0.15, 0.2) is 0 Å². The van der Waals surface area contributed by atoms with Crippen molar-refractivity contribution in [3.8, 4) is 0 Å². The lowest BCUT2D eigenvalue weighted by molar-refractivity contribution is -0.122. The van der Waals surface area contributed by atoms with Gasteiger partial charge >= 0.3 is 0 Å². The van der Waals surface area contributed by atoms with Gasteiger partial charge in [0, 0.05) is 6.04 Å². The van der Waals surface area contributed by atoms with Crippen molar-refractivity contribution in [2.75, 3.05) is 0 Å². The minimum absolute atomic E-state index is 0.0218. The molecule has 0 bridgehead atoms. The second kappa shape index (κ2) is 5.90. The third-order valence-corrected chi connectivity index (χ3v) is 3.91. The van der Waals surface area contributed by atoms with Gasteiger partial charge in [0.2, 0.25) is 5.91 Å². The Morgan fingerprint density at radius 2 is 1.94 bits per heavy atom. The average Bonchev–Trinajstić information content (AvgIpc) is 2.16. The first-order chi connectivity index (χ1) is 7.41. The number of carbonyl (C=O) groups excluding carboxylic acids is 1. The van der Waals surface area contributed by atoms with Gasteiger partial charge in [-0.1, -0.05) is 27.2 Å². The highest BCUT2D eigenvalue weighted by atomic mass is 35.5. The van der Waals surface area contributed by atoms with E-state index in [0.29, 0.717) is 23.8 Å². The fourth-order valence-corrected chi connectivity index (χ4v) is 2.73. The number of hydrogen-bond acceptors (Lipinski definition) is 1. The molecule has 1 rings (SSSR count). The molecule has 0 aromatic heterocycles. The molecular formula is C13H24ClNO. The van der Waals surface area contributed by atoms with Crippen LogP contribution in [0.5, 0.6) is 0 Å². The Morgan fingerprint density at radius 3 is 2.44 bits per heavy atom. The largest absolute Gasteiger partial charge is 0.352 e. The molecule has 0 aromatic carbocycles. The van der Waals surface area contributed by atoms with Gasteiger partial charge in [0.15, 0.2) is 0 Å². The fraction of sp³-hybridized carbons (Fsp3) is 0.923. The molecule has 94 valence electrons. The van der Waals surface area contributed by atoms with Crippen LogP contribution in [-0.2, 0) is 4.79 Å². The van der Waals surface area contributed by atoms with Crippen LogP contribution in [0.3, 0.4) is 0 Å². The molecule has 3 heteroatoms. The number of alkyl halides is 1. The second-order valence-corrected chi connectivity index (χ2v) is 6.21. The van der Waals surface area contributed by atoms with E-state index in [1.54, 1.807) is 6.92 Å². The molecule has 0 aliphatic heterocycles. The summed E-state index contributed by atoms with van der Waals surface area (Å²) in [5, 5.41) is 2.68. The van der Waals surface area contributed by atoms with Gasteiger partial charge < -0.3 is 5.32 Å². The summed E-state index contributed by atoms with van der Waals surface area (Å²) in [5.74, 6) is 1.93. The van der Waals surface area contributed by atoms with E-state index in [4.69, 9.17) is 11.6 Å². The van der Waals surface area contributed by atoms with Crippen molar-refractivity contribution in [3.63, 3.8) is 0 Å². The van der Waals surface area contributed by atoms with Crippen molar-refractivity contribution in [1.82, 2.24) is 5.32 Å². The molecule has 0 radical (unpaired) electrons. The smallest absolute Gasteiger partial charge is 0.237 e. The number of amides is 1. The van der Waals surface area contributed by atoms with E-state index in [1.165, 1.54) is 12.8 Å². The minimum atomic E-state index is -0.426. The number of nitrogens with one attached hydrogen (secondary N) is 1. The summed E-state index contributed by atoms with van der Waals surface area (Å²) in [6.07, 6.45) is 3.60. The molecule has 0 spiro atoms. The summed E-state index contributed by atoms with van der Waals surface area (Å²) in [6.45, 7) is 8.47. The van der Waals surface area contributed by atoms with E-state index < -0.39 is 5.38 Å². The Balaban J connectivity index is 2.61. The lowest BCUT2D eigenvalue weighted by Gasteiger charge is -2.38. The van der Waals surface area contributed by atoms with Crippen LogP contribution in [0.1, 0.15) is 47.0 Å². The topological polar surface area (TPSA) is 29.1 Å². The van der Waals surface area contributed by atoms with Gasteiger partial charge in [-0.05, 0) is 37.5 Å². The number of hydrogen-bond donors (Lipinski definition) is 1. The Morgan fingerprint density at radius 1 is 1.31 bits per heavy atom. The summed E-state index contributed by atoms with van der Waals surface area (Å²) in [5.41, 5.74) is 0. The summed E-state index contributed by atoms with van der Waals surface area (Å²) < 4.78 is 0. The predicted molar refractivity (Wildman–Crippen MR) is 68.6 cm³/mol. The summed E-state index contributed by atoms with van der Waals surface area (Å²) in [4.78, 5) is 11.6. The first-order valence-electron chi connectivity index (χ1n) is 6.36. The van der Waals surface area contributed by atoms with Crippen molar-refractivity contribution in [3.05, 3.63) is 0 Å². The van der Waals surface area contributed by atoms with Crippen molar-refractivity contribution < 1.29 is 4.79 Å². The maximum atomic E-state index is 11.6. The third kappa shape index (κ3) is 3.65. The molecular weight excluding hydrogens is 222 g/mol. The van der Waals surface area contributed by atoms with Crippen LogP contribution in [0.4, 0.5) is 0 Å². The highest BCUT2D eigenvalue weighted by Crippen LogP contribution is 2.33. The lowest BCUT2D eigenvalue weighted by Crippen LogP contribution is -2.47. The zero-order valence-electron chi connectivity index (χ0n) is 10.8.